The average Bonchev–Trinajstić information content (AvgIpc) is 3.24. The summed E-state index contributed by atoms with van der Waals surface area (Å²) in [6, 6.07) is 17.9. The third-order valence-corrected chi connectivity index (χ3v) is 7.13. The lowest BCUT2D eigenvalue weighted by molar-refractivity contribution is -0.138. The van der Waals surface area contributed by atoms with Gasteiger partial charge in [-0.15, -0.1) is 0 Å². The molecule has 0 radical (unpaired) electrons. The van der Waals surface area contributed by atoms with Crippen LogP contribution in [-0.2, 0) is 16.1 Å². The van der Waals surface area contributed by atoms with E-state index in [9.17, 15) is 19.1 Å². The van der Waals surface area contributed by atoms with Crippen LogP contribution in [0, 0.1) is 5.82 Å². The van der Waals surface area contributed by atoms with Crippen molar-refractivity contribution < 1.29 is 33.3 Å². The summed E-state index contributed by atoms with van der Waals surface area (Å²) in [5.41, 5.74) is 1.57. The number of hydrogen-bond donors (Lipinski definition) is 1. The van der Waals surface area contributed by atoms with E-state index in [-0.39, 0.29) is 35.4 Å². The maximum atomic E-state index is 13.2. The number of halogens is 2. The summed E-state index contributed by atoms with van der Waals surface area (Å²) in [4.78, 5) is 29.9. The Bertz CT molecular complexity index is 1500. The van der Waals surface area contributed by atoms with Crippen LogP contribution in [0.15, 0.2) is 92.4 Å². The summed E-state index contributed by atoms with van der Waals surface area (Å²) in [5, 5.41) is 11.0. The van der Waals surface area contributed by atoms with Crippen molar-refractivity contribution in [3.8, 4) is 11.5 Å². The maximum Gasteiger partial charge on any atom is 0.344 e. The quantitative estimate of drug-likeness (QED) is 0.250. The molecule has 1 heterocycles. The standard InChI is InChI=1S/C30H25BrFNO6S/c1-3-37-23-15-19(14-22(31)27(23)39-17-18-10-12-21(32)13-11-18)16-24-26(34)25(30(36)38-4-2)29(40-24)33-28(35)20-8-6-5-7-9-20/h5-16,34H,3-4,17H2,1-2H3/b24-16-,33-29?. The van der Waals surface area contributed by atoms with Gasteiger partial charge in [0.15, 0.2) is 11.5 Å². The Morgan fingerprint density at radius 2 is 1.75 bits per heavy atom. The molecule has 1 aliphatic rings. The van der Waals surface area contributed by atoms with Crippen LogP contribution >= 0.6 is 27.7 Å². The van der Waals surface area contributed by atoms with Crippen molar-refractivity contribution >= 4 is 50.7 Å². The Kier molecular flexibility index (Phi) is 9.79. The van der Waals surface area contributed by atoms with Crippen molar-refractivity contribution in [3.63, 3.8) is 0 Å². The third kappa shape index (κ3) is 7.00. The van der Waals surface area contributed by atoms with Crippen LogP contribution < -0.4 is 9.47 Å². The minimum Gasteiger partial charge on any atom is -0.506 e. The van der Waals surface area contributed by atoms with Gasteiger partial charge in [0.25, 0.3) is 5.91 Å². The van der Waals surface area contributed by atoms with Crippen molar-refractivity contribution in [3.05, 3.63) is 110 Å². The van der Waals surface area contributed by atoms with Gasteiger partial charge in [-0.05, 0) is 83.4 Å². The van der Waals surface area contributed by atoms with Crippen molar-refractivity contribution in [2.45, 2.75) is 20.5 Å². The molecule has 0 spiro atoms. The van der Waals surface area contributed by atoms with E-state index in [0.29, 0.717) is 38.6 Å². The number of aliphatic hydroxyl groups excluding tert-OH is 1. The lowest BCUT2D eigenvalue weighted by Gasteiger charge is -2.15. The Balaban J connectivity index is 1.67. The molecule has 1 N–H and O–H groups in total. The van der Waals surface area contributed by atoms with Crippen LogP contribution in [0.2, 0.25) is 0 Å². The zero-order chi connectivity index (χ0) is 28.6. The first-order valence-electron chi connectivity index (χ1n) is 12.3. The molecule has 1 aliphatic heterocycles. The molecule has 0 aliphatic carbocycles. The minimum atomic E-state index is -0.781. The lowest BCUT2D eigenvalue weighted by Crippen LogP contribution is -2.14. The molecule has 40 heavy (non-hydrogen) atoms. The van der Waals surface area contributed by atoms with Gasteiger partial charge >= 0.3 is 5.97 Å². The largest absolute Gasteiger partial charge is 0.506 e. The molecule has 3 aromatic carbocycles. The van der Waals surface area contributed by atoms with Gasteiger partial charge in [0.05, 0.1) is 22.6 Å². The number of benzene rings is 3. The fourth-order valence-electron chi connectivity index (χ4n) is 3.69. The topological polar surface area (TPSA) is 94.4 Å². The van der Waals surface area contributed by atoms with E-state index >= 15 is 0 Å². The number of thioether (sulfide) groups is 1. The Morgan fingerprint density at radius 3 is 2.42 bits per heavy atom. The smallest absolute Gasteiger partial charge is 0.344 e. The van der Waals surface area contributed by atoms with Gasteiger partial charge in [0, 0.05) is 5.56 Å². The van der Waals surface area contributed by atoms with Crippen LogP contribution in [0.25, 0.3) is 6.08 Å². The number of aliphatic hydroxyl groups is 1. The SMILES string of the molecule is CCOC(=O)C1=C(O)/C(=C/c2cc(Br)c(OCc3ccc(F)cc3)c(OCC)c2)SC1=NC(=O)c1ccccc1. The van der Waals surface area contributed by atoms with E-state index in [1.807, 2.05) is 6.92 Å². The van der Waals surface area contributed by atoms with E-state index in [4.69, 9.17) is 14.2 Å². The lowest BCUT2D eigenvalue weighted by atomic mass is 10.1. The summed E-state index contributed by atoms with van der Waals surface area (Å²) in [6.07, 6.45) is 1.64. The zero-order valence-electron chi connectivity index (χ0n) is 21.6. The van der Waals surface area contributed by atoms with E-state index in [1.165, 1.54) is 12.1 Å². The highest BCUT2D eigenvalue weighted by Crippen LogP contribution is 2.42. The molecule has 0 fully saturated rings. The molecule has 0 atom stereocenters. The van der Waals surface area contributed by atoms with Gasteiger partial charge in [-0.1, -0.05) is 42.1 Å². The van der Waals surface area contributed by atoms with Gasteiger partial charge in [-0.25, -0.2) is 14.2 Å². The first-order chi connectivity index (χ1) is 19.3. The molecule has 206 valence electrons. The third-order valence-electron chi connectivity index (χ3n) is 5.52. The number of hydrogen-bond acceptors (Lipinski definition) is 7. The van der Waals surface area contributed by atoms with Crippen molar-refractivity contribution in [1.29, 1.82) is 0 Å². The number of rotatable bonds is 9. The Hall–Kier alpha value is -3.89. The number of carbonyl (C=O) groups excluding carboxylic acids is 2. The van der Waals surface area contributed by atoms with Crippen LogP contribution in [0.3, 0.4) is 0 Å². The highest BCUT2D eigenvalue weighted by Gasteiger charge is 2.34. The Morgan fingerprint density at radius 1 is 1.02 bits per heavy atom. The van der Waals surface area contributed by atoms with E-state index < -0.39 is 11.9 Å². The van der Waals surface area contributed by atoms with Crippen molar-refractivity contribution in [1.82, 2.24) is 0 Å². The molecule has 0 unspecified atom stereocenters. The van der Waals surface area contributed by atoms with Gasteiger partial charge in [-0.2, -0.15) is 0 Å². The van der Waals surface area contributed by atoms with Gasteiger partial charge < -0.3 is 19.3 Å². The van der Waals surface area contributed by atoms with E-state index in [1.54, 1.807) is 67.6 Å². The highest BCUT2D eigenvalue weighted by molar-refractivity contribution is 9.10. The fraction of sp³-hybridized carbons (Fsp3) is 0.167. The summed E-state index contributed by atoms with van der Waals surface area (Å²) in [6.45, 7) is 4.12. The Labute approximate surface area is 243 Å². The summed E-state index contributed by atoms with van der Waals surface area (Å²) in [5.74, 6) is -1.11. The average molecular weight is 627 g/mol. The van der Waals surface area contributed by atoms with Gasteiger partial charge in [-0.3, -0.25) is 4.79 Å². The number of esters is 1. The van der Waals surface area contributed by atoms with E-state index in [0.717, 1.165) is 17.3 Å². The molecule has 0 saturated carbocycles. The second-order valence-corrected chi connectivity index (χ2v) is 10.2. The van der Waals surface area contributed by atoms with Crippen LogP contribution in [0.5, 0.6) is 11.5 Å². The molecule has 1 amide bonds. The van der Waals surface area contributed by atoms with Gasteiger partial charge in [0.1, 0.15) is 28.8 Å². The van der Waals surface area contributed by atoms with Crippen molar-refractivity contribution in [2.75, 3.05) is 13.2 Å². The molecule has 0 aromatic heterocycles. The summed E-state index contributed by atoms with van der Waals surface area (Å²) < 4.78 is 30.7. The monoisotopic (exact) mass is 625 g/mol. The number of aliphatic imine (C=N–C) groups is 1. The molecule has 7 nitrogen and oxygen atoms in total. The molecular formula is C30H25BrFNO6S. The molecular weight excluding hydrogens is 601 g/mol. The highest BCUT2D eigenvalue weighted by atomic mass is 79.9. The van der Waals surface area contributed by atoms with Crippen LogP contribution in [-0.4, -0.2) is 35.2 Å². The molecule has 3 aromatic rings. The summed E-state index contributed by atoms with van der Waals surface area (Å²) >= 11 is 4.51. The van der Waals surface area contributed by atoms with Crippen LogP contribution in [0.4, 0.5) is 4.39 Å². The number of carbonyl (C=O) groups is 2. The molecule has 0 saturated heterocycles. The normalized spacial score (nSPS) is 15.0. The second-order valence-electron chi connectivity index (χ2n) is 8.32. The molecule has 0 bridgehead atoms. The zero-order valence-corrected chi connectivity index (χ0v) is 24.1. The molecule has 4 rings (SSSR count). The predicted molar refractivity (Wildman–Crippen MR) is 156 cm³/mol. The first kappa shape index (κ1) is 29.1. The van der Waals surface area contributed by atoms with Gasteiger partial charge in [0.2, 0.25) is 0 Å². The second kappa shape index (κ2) is 13.5. The first-order valence-corrected chi connectivity index (χ1v) is 13.9. The number of amides is 1. The van der Waals surface area contributed by atoms with Crippen LogP contribution in [0.1, 0.15) is 35.3 Å². The maximum absolute atomic E-state index is 13.2. The fourth-order valence-corrected chi connectivity index (χ4v) is 5.28. The van der Waals surface area contributed by atoms with E-state index in [2.05, 4.69) is 20.9 Å². The number of ether oxygens (including phenoxy) is 3. The predicted octanol–water partition coefficient (Wildman–Crippen LogP) is 7.27. The van der Waals surface area contributed by atoms with Crippen molar-refractivity contribution in [2.24, 2.45) is 4.99 Å². The summed E-state index contributed by atoms with van der Waals surface area (Å²) in [7, 11) is 0. The molecule has 10 heteroatoms. The minimum absolute atomic E-state index is 0.0411. The number of nitrogens with zero attached hydrogens (tertiary/aromatic N) is 1.